The molecule has 0 aromatic rings. The van der Waals surface area contributed by atoms with Crippen LogP contribution in [0.2, 0.25) is 0 Å². The van der Waals surface area contributed by atoms with Crippen LogP contribution in [0.1, 0.15) is 68.7 Å². The Kier molecular flexibility index (Phi) is 6.67. The fraction of sp³-hybridized carbons (Fsp3) is 0.889. The Balaban J connectivity index is 5.33. The molecule has 0 heterocycles. The largest absolute Gasteiger partial charge is 0.469 e. The minimum absolute atomic E-state index is 0.204. The summed E-state index contributed by atoms with van der Waals surface area (Å²) in [6.45, 7) is 17.5. The van der Waals surface area contributed by atoms with E-state index in [1.807, 2.05) is 62.3 Å². The van der Waals surface area contributed by atoms with Gasteiger partial charge in [0, 0.05) is 0 Å². The lowest BCUT2D eigenvalue weighted by Crippen LogP contribution is -2.40. The molecule has 4 nitrogen and oxygen atoms in total. The second-order valence-corrected chi connectivity index (χ2v) is 8.89. The average Bonchev–Trinajstić information content (AvgIpc) is 2.30. The lowest BCUT2D eigenvalue weighted by molar-refractivity contribution is -0.167. The molecule has 0 saturated carbocycles. The SMILES string of the molecule is COC(=O)C(C)C(C)(C)CC(C(=O)OC(C)(C)C)C(C)(C)C. The van der Waals surface area contributed by atoms with Gasteiger partial charge in [-0.15, -0.1) is 0 Å². The molecular formula is C18H34O4. The Bertz CT molecular complexity index is 396. The van der Waals surface area contributed by atoms with E-state index in [-0.39, 0.29) is 34.6 Å². The van der Waals surface area contributed by atoms with Gasteiger partial charge in [0.2, 0.25) is 0 Å². The second kappa shape index (κ2) is 7.01. The highest BCUT2D eigenvalue weighted by atomic mass is 16.6. The summed E-state index contributed by atoms with van der Waals surface area (Å²) >= 11 is 0. The van der Waals surface area contributed by atoms with Crippen LogP contribution >= 0.6 is 0 Å². The molecule has 0 aromatic heterocycles. The minimum Gasteiger partial charge on any atom is -0.469 e. The van der Waals surface area contributed by atoms with E-state index in [0.717, 1.165) is 0 Å². The molecule has 0 rings (SSSR count). The van der Waals surface area contributed by atoms with Crippen molar-refractivity contribution in [1.82, 2.24) is 0 Å². The van der Waals surface area contributed by atoms with E-state index in [9.17, 15) is 9.59 Å². The minimum atomic E-state index is -0.515. The van der Waals surface area contributed by atoms with E-state index in [0.29, 0.717) is 6.42 Å². The van der Waals surface area contributed by atoms with E-state index in [1.54, 1.807) is 0 Å². The van der Waals surface area contributed by atoms with Crippen LogP contribution in [0.4, 0.5) is 0 Å². The van der Waals surface area contributed by atoms with Crippen molar-refractivity contribution in [2.45, 2.75) is 74.3 Å². The van der Waals surface area contributed by atoms with Crippen LogP contribution in [0, 0.1) is 22.7 Å². The van der Waals surface area contributed by atoms with E-state index in [2.05, 4.69) is 0 Å². The van der Waals surface area contributed by atoms with Crippen LogP contribution in [-0.4, -0.2) is 24.6 Å². The summed E-state index contributed by atoms with van der Waals surface area (Å²) in [6.07, 6.45) is 0.571. The molecule has 0 saturated heterocycles. The standard InChI is InChI=1S/C18H34O4/c1-12(14(19)21-10)18(8,9)11-13(16(2,3)4)15(20)22-17(5,6)7/h12-13H,11H2,1-10H3. The third-order valence-electron chi connectivity index (χ3n) is 4.19. The Morgan fingerprint density at radius 1 is 0.909 bits per heavy atom. The van der Waals surface area contributed by atoms with E-state index < -0.39 is 5.60 Å². The fourth-order valence-electron chi connectivity index (χ4n) is 2.31. The van der Waals surface area contributed by atoms with Gasteiger partial charge in [-0.3, -0.25) is 9.59 Å². The van der Waals surface area contributed by atoms with Gasteiger partial charge in [0.25, 0.3) is 0 Å². The molecular weight excluding hydrogens is 280 g/mol. The average molecular weight is 314 g/mol. The van der Waals surface area contributed by atoms with Gasteiger partial charge >= 0.3 is 11.9 Å². The van der Waals surface area contributed by atoms with Crippen LogP contribution in [0.15, 0.2) is 0 Å². The highest BCUT2D eigenvalue weighted by Crippen LogP contribution is 2.41. The second-order valence-electron chi connectivity index (χ2n) is 8.89. The molecule has 4 heteroatoms. The molecule has 0 aromatic carbocycles. The first-order valence-corrected chi connectivity index (χ1v) is 7.92. The topological polar surface area (TPSA) is 52.6 Å². The molecule has 130 valence electrons. The quantitative estimate of drug-likeness (QED) is 0.713. The van der Waals surface area contributed by atoms with Gasteiger partial charge in [-0.05, 0) is 38.0 Å². The zero-order valence-corrected chi connectivity index (χ0v) is 16.0. The maximum absolute atomic E-state index is 12.6. The van der Waals surface area contributed by atoms with Crippen LogP contribution in [0.3, 0.4) is 0 Å². The van der Waals surface area contributed by atoms with Crippen LogP contribution in [0.25, 0.3) is 0 Å². The molecule has 0 aliphatic rings. The summed E-state index contributed by atoms with van der Waals surface area (Å²) < 4.78 is 10.4. The van der Waals surface area contributed by atoms with Gasteiger partial charge in [-0.2, -0.15) is 0 Å². The van der Waals surface area contributed by atoms with E-state index in [1.165, 1.54) is 7.11 Å². The number of ether oxygens (including phenoxy) is 2. The van der Waals surface area contributed by atoms with Crippen molar-refractivity contribution in [3.05, 3.63) is 0 Å². The maximum atomic E-state index is 12.6. The molecule has 0 bridgehead atoms. The Morgan fingerprint density at radius 2 is 1.36 bits per heavy atom. The highest BCUT2D eigenvalue weighted by molar-refractivity contribution is 5.75. The summed E-state index contributed by atoms with van der Waals surface area (Å²) in [5, 5.41) is 0. The fourth-order valence-corrected chi connectivity index (χ4v) is 2.31. The molecule has 22 heavy (non-hydrogen) atoms. The number of hydrogen-bond donors (Lipinski definition) is 0. The molecule has 2 atom stereocenters. The van der Waals surface area contributed by atoms with Crippen LogP contribution < -0.4 is 0 Å². The van der Waals surface area contributed by atoms with Crippen molar-refractivity contribution in [1.29, 1.82) is 0 Å². The van der Waals surface area contributed by atoms with Crippen molar-refractivity contribution < 1.29 is 19.1 Å². The van der Waals surface area contributed by atoms with Crippen molar-refractivity contribution in [3.8, 4) is 0 Å². The first-order chi connectivity index (χ1) is 9.62. The first kappa shape index (κ1) is 20.9. The van der Waals surface area contributed by atoms with Crippen LogP contribution in [-0.2, 0) is 19.1 Å². The number of hydrogen-bond acceptors (Lipinski definition) is 4. The molecule has 0 spiro atoms. The van der Waals surface area contributed by atoms with Gasteiger partial charge in [-0.25, -0.2) is 0 Å². The summed E-state index contributed by atoms with van der Waals surface area (Å²) in [5.74, 6) is -1.02. The van der Waals surface area contributed by atoms with Crippen molar-refractivity contribution in [2.24, 2.45) is 22.7 Å². The zero-order chi connectivity index (χ0) is 17.9. The van der Waals surface area contributed by atoms with Crippen molar-refractivity contribution in [2.75, 3.05) is 7.11 Å². The Hall–Kier alpha value is -1.06. The van der Waals surface area contributed by atoms with Gasteiger partial charge in [0.1, 0.15) is 5.60 Å². The summed E-state index contributed by atoms with van der Waals surface area (Å²) in [5.41, 5.74) is -1.12. The molecule has 0 aliphatic heterocycles. The number of carbonyl (C=O) groups is 2. The monoisotopic (exact) mass is 314 g/mol. The smallest absolute Gasteiger partial charge is 0.310 e. The molecule has 2 unspecified atom stereocenters. The molecule has 0 N–H and O–H groups in total. The number of esters is 2. The highest BCUT2D eigenvalue weighted by Gasteiger charge is 2.42. The predicted octanol–water partition coefficient (Wildman–Crippen LogP) is 4.22. The normalized spacial score (nSPS) is 15.9. The number of rotatable bonds is 5. The van der Waals surface area contributed by atoms with Crippen molar-refractivity contribution in [3.63, 3.8) is 0 Å². The summed E-state index contributed by atoms with van der Waals surface area (Å²) in [7, 11) is 1.39. The maximum Gasteiger partial charge on any atom is 0.310 e. The predicted molar refractivity (Wildman–Crippen MR) is 88.4 cm³/mol. The summed E-state index contributed by atoms with van der Waals surface area (Å²) in [6, 6.07) is 0. The van der Waals surface area contributed by atoms with Crippen LogP contribution in [0.5, 0.6) is 0 Å². The van der Waals surface area contributed by atoms with Crippen molar-refractivity contribution >= 4 is 11.9 Å². The van der Waals surface area contributed by atoms with E-state index in [4.69, 9.17) is 9.47 Å². The van der Waals surface area contributed by atoms with Gasteiger partial charge < -0.3 is 9.47 Å². The third-order valence-corrected chi connectivity index (χ3v) is 4.19. The molecule has 0 radical (unpaired) electrons. The Labute approximate surface area is 135 Å². The lowest BCUT2D eigenvalue weighted by Gasteiger charge is -2.39. The van der Waals surface area contributed by atoms with Gasteiger partial charge in [-0.1, -0.05) is 41.5 Å². The summed E-state index contributed by atoms with van der Waals surface area (Å²) in [4.78, 5) is 24.5. The lowest BCUT2D eigenvalue weighted by atomic mass is 9.67. The molecule has 0 aliphatic carbocycles. The molecule has 0 amide bonds. The first-order valence-electron chi connectivity index (χ1n) is 7.92. The Morgan fingerprint density at radius 3 is 1.68 bits per heavy atom. The third kappa shape index (κ3) is 6.37. The zero-order valence-electron chi connectivity index (χ0n) is 16.0. The molecule has 0 fully saturated rings. The number of methoxy groups -OCH3 is 1. The number of carbonyl (C=O) groups excluding carboxylic acids is 2. The van der Waals surface area contributed by atoms with Gasteiger partial charge in [0.15, 0.2) is 0 Å². The van der Waals surface area contributed by atoms with E-state index >= 15 is 0 Å². The van der Waals surface area contributed by atoms with Gasteiger partial charge in [0.05, 0.1) is 18.9 Å².